The molecule has 7 nitrogen and oxygen atoms in total. The molecule has 0 radical (unpaired) electrons. The number of piperazine rings is 1. The van der Waals surface area contributed by atoms with Crippen LogP contribution in [0.2, 0.25) is 0 Å². The van der Waals surface area contributed by atoms with Gasteiger partial charge < -0.3 is 20.3 Å². The molecule has 4 N–H and O–H groups in total. The predicted octanol–water partition coefficient (Wildman–Crippen LogP) is 3.55. The first-order valence-corrected chi connectivity index (χ1v) is 11.1. The van der Waals surface area contributed by atoms with Gasteiger partial charge in [-0.15, -0.1) is 0 Å². The molecule has 1 fully saturated rings. The maximum absolute atomic E-state index is 14.9. The maximum atomic E-state index is 14.9. The molecule has 0 aromatic heterocycles. The van der Waals surface area contributed by atoms with Gasteiger partial charge in [0.1, 0.15) is 17.9 Å². The van der Waals surface area contributed by atoms with Gasteiger partial charge in [-0.05, 0) is 36.4 Å². The Hall–Kier alpha value is -2.80. The Bertz CT molecular complexity index is 1010. The van der Waals surface area contributed by atoms with Gasteiger partial charge in [0.05, 0.1) is 6.54 Å². The summed E-state index contributed by atoms with van der Waals surface area (Å²) < 4.78 is 71.3. The molecule has 3 rings (SSSR count). The average Bonchev–Trinajstić information content (AvgIpc) is 2.82. The lowest BCUT2D eigenvalue weighted by molar-refractivity contribution is -0.231. The first kappa shape index (κ1) is 26.8. The fourth-order valence-electron chi connectivity index (χ4n) is 3.69. The molecule has 1 heterocycles. The molecule has 1 aliphatic rings. The van der Waals surface area contributed by atoms with E-state index in [0.717, 1.165) is 12.6 Å². The number of benzene rings is 2. The van der Waals surface area contributed by atoms with Crippen molar-refractivity contribution in [3.63, 3.8) is 0 Å². The number of halogens is 5. The summed E-state index contributed by atoms with van der Waals surface area (Å²) in [7, 11) is 0. The van der Waals surface area contributed by atoms with E-state index in [1.807, 2.05) is 6.92 Å². The Morgan fingerprint density at radius 2 is 1.77 bits per heavy atom. The average molecular weight is 502 g/mol. The minimum Gasteiger partial charge on any atom is -0.332 e. The molecular formula is C23H28F5N5O2. The normalized spacial score (nSPS) is 16.7. The number of likely N-dealkylation sites (N-methyl/N-ethyl adjacent to an activating group) is 1. The topological polar surface area (TPSA) is 88.1 Å². The van der Waals surface area contributed by atoms with Crippen LogP contribution in [0.4, 0.5) is 32.4 Å². The van der Waals surface area contributed by atoms with Crippen molar-refractivity contribution in [2.24, 2.45) is 11.5 Å². The molecule has 1 aliphatic heterocycles. The number of anilines is 1. The van der Waals surface area contributed by atoms with E-state index in [0.29, 0.717) is 26.2 Å². The van der Waals surface area contributed by atoms with Gasteiger partial charge in [-0.3, -0.25) is 10.6 Å². The molecule has 35 heavy (non-hydrogen) atoms. The van der Waals surface area contributed by atoms with E-state index in [-0.39, 0.29) is 23.4 Å². The van der Waals surface area contributed by atoms with Crippen LogP contribution in [0.25, 0.3) is 0 Å². The molecule has 2 atom stereocenters. The van der Waals surface area contributed by atoms with Crippen molar-refractivity contribution in [2.45, 2.75) is 32.1 Å². The van der Waals surface area contributed by atoms with Gasteiger partial charge in [-0.25, -0.2) is 13.6 Å². The standard InChI is InChI=1S/C23H28F5N5O2/c1-2-31-8-10-32(11-9-31)22(34)33(18-5-3-4-17(24)13-18)14-16-7-6-15(12-19(16)25)20(29)35-21(30)23(26,27)28/h3-7,12-13,20-21H,2,8-11,14,29-30H2,1H3. The highest BCUT2D eigenvalue weighted by Crippen LogP contribution is 2.26. The van der Waals surface area contributed by atoms with E-state index in [1.165, 1.54) is 41.3 Å². The lowest BCUT2D eigenvalue weighted by Gasteiger charge is -2.37. The van der Waals surface area contributed by atoms with Crippen molar-refractivity contribution in [3.8, 4) is 0 Å². The number of alkyl halides is 3. The molecule has 0 saturated carbocycles. The number of nitrogens with zero attached hydrogens (tertiary/aromatic N) is 3. The molecule has 2 unspecified atom stereocenters. The van der Waals surface area contributed by atoms with Crippen LogP contribution in [-0.4, -0.2) is 61.0 Å². The van der Waals surface area contributed by atoms with Crippen LogP contribution < -0.4 is 16.4 Å². The fourth-order valence-corrected chi connectivity index (χ4v) is 3.69. The van der Waals surface area contributed by atoms with Crippen molar-refractivity contribution in [3.05, 3.63) is 65.2 Å². The second-order valence-corrected chi connectivity index (χ2v) is 8.14. The number of nitrogens with two attached hydrogens (primary N) is 2. The van der Waals surface area contributed by atoms with E-state index in [4.69, 9.17) is 11.5 Å². The number of ether oxygens (including phenoxy) is 1. The van der Waals surface area contributed by atoms with Crippen molar-refractivity contribution >= 4 is 11.7 Å². The van der Waals surface area contributed by atoms with E-state index >= 15 is 0 Å². The monoisotopic (exact) mass is 501 g/mol. The van der Waals surface area contributed by atoms with E-state index in [9.17, 15) is 26.7 Å². The number of carbonyl (C=O) groups is 1. The van der Waals surface area contributed by atoms with E-state index in [2.05, 4.69) is 9.64 Å². The SMILES string of the molecule is CCN1CCN(C(=O)N(Cc2ccc(C(N)OC(N)C(F)(F)F)cc2F)c2cccc(F)c2)CC1. The van der Waals surface area contributed by atoms with Crippen molar-refractivity contribution < 1.29 is 31.5 Å². The van der Waals surface area contributed by atoms with Gasteiger partial charge in [0.15, 0.2) is 0 Å². The third-order valence-corrected chi connectivity index (χ3v) is 5.79. The van der Waals surface area contributed by atoms with Crippen LogP contribution in [0.5, 0.6) is 0 Å². The predicted molar refractivity (Wildman–Crippen MR) is 120 cm³/mol. The summed E-state index contributed by atoms with van der Waals surface area (Å²) in [5.74, 6) is -1.37. The summed E-state index contributed by atoms with van der Waals surface area (Å²) in [5.41, 5.74) is 10.8. The van der Waals surface area contributed by atoms with E-state index < -0.39 is 36.3 Å². The molecule has 2 aromatic rings. The lowest BCUT2D eigenvalue weighted by Crippen LogP contribution is -2.52. The number of rotatable bonds is 7. The summed E-state index contributed by atoms with van der Waals surface area (Å²) in [4.78, 5) is 18.4. The smallest absolute Gasteiger partial charge is 0.332 e. The van der Waals surface area contributed by atoms with Gasteiger partial charge in [-0.1, -0.05) is 25.1 Å². The molecule has 2 amide bonds. The summed E-state index contributed by atoms with van der Waals surface area (Å²) >= 11 is 0. The number of urea groups is 1. The minimum atomic E-state index is -4.83. The molecule has 0 aliphatic carbocycles. The number of hydrogen-bond acceptors (Lipinski definition) is 5. The van der Waals surface area contributed by atoms with Gasteiger partial charge in [0.25, 0.3) is 0 Å². The van der Waals surface area contributed by atoms with Crippen LogP contribution in [0.1, 0.15) is 24.3 Å². The number of amides is 2. The van der Waals surface area contributed by atoms with Crippen molar-refractivity contribution in [1.29, 1.82) is 0 Å². The zero-order valence-electron chi connectivity index (χ0n) is 19.1. The highest BCUT2D eigenvalue weighted by atomic mass is 19.4. The third kappa shape index (κ3) is 6.88. The van der Waals surface area contributed by atoms with Gasteiger partial charge in [0.2, 0.25) is 6.23 Å². The lowest BCUT2D eigenvalue weighted by atomic mass is 10.1. The first-order valence-electron chi connectivity index (χ1n) is 11.1. The number of carbonyl (C=O) groups excluding carboxylic acids is 1. The van der Waals surface area contributed by atoms with Crippen molar-refractivity contribution in [1.82, 2.24) is 9.80 Å². The van der Waals surface area contributed by atoms with Gasteiger partial charge >= 0.3 is 12.2 Å². The summed E-state index contributed by atoms with van der Waals surface area (Å²) in [6.45, 7) is 4.93. The minimum absolute atomic E-state index is 0.0610. The molecule has 1 saturated heterocycles. The van der Waals surface area contributed by atoms with Crippen LogP contribution >= 0.6 is 0 Å². The third-order valence-electron chi connectivity index (χ3n) is 5.79. The Kier molecular flexibility index (Phi) is 8.65. The molecular weight excluding hydrogens is 473 g/mol. The van der Waals surface area contributed by atoms with Crippen LogP contribution in [-0.2, 0) is 11.3 Å². The maximum Gasteiger partial charge on any atom is 0.428 e. The van der Waals surface area contributed by atoms with E-state index in [1.54, 1.807) is 4.90 Å². The molecule has 0 spiro atoms. The first-order chi connectivity index (χ1) is 16.5. The van der Waals surface area contributed by atoms with Crippen LogP contribution in [0.3, 0.4) is 0 Å². The second-order valence-electron chi connectivity index (χ2n) is 8.14. The molecule has 2 aromatic carbocycles. The Morgan fingerprint density at radius 1 is 1.09 bits per heavy atom. The van der Waals surface area contributed by atoms with Crippen LogP contribution in [0, 0.1) is 11.6 Å². The molecule has 12 heteroatoms. The zero-order valence-corrected chi connectivity index (χ0v) is 19.1. The Balaban J connectivity index is 1.81. The molecule has 0 bridgehead atoms. The summed E-state index contributed by atoms with van der Waals surface area (Å²) in [6, 6.07) is 8.49. The van der Waals surface area contributed by atoms with Gasteiger partial charge in [-0.2, -0.15) is 13.2 Å². The highest BCUT2D eigenvalue weighted by molar-refractivity contribution is 5.92. The summed E-state index contributed by atoms with van der Waals surface area (Å²) in [6.07, 6.45) is -9.08. The largest absolute Gasteiger partial charge is 0.428 e. The molecule has 192 valence electrons. The Labute approximate surface area is 200 Å². The van der Waals surface area contributed by atoms with Crippen molar-refractivity contribution in [2.75, 3.05) is 37.6 Å². The quantitative estimate of drug-likeness (QED) is 0.448. The second kappa shape index (κ2) is 11.3. The fraction of sp³-hybridized carbons (Fsp3) is 0.435. The van der Waals surface area contributed by atoms with Gasteiger partial charge in [0, 0.05) is 37.4 Å². The number of hydrogen-bond donors (Lipinski definition) is 2. The summed E-state index contributed by atoms with van der Waals surface area (Å²) in [5, 5.41) is 0. The zero-order chi connectivity index (χ0) is 25.8. The highest BCUT2D eigenvalue weighted by Gasteiger charge is 2.39. The van der Waals surface area contributed by atoms with Crippen LogP contribution in [0.15, 0.2) is 42.5 Å². The Morgan fingerprint density at radius 3 is 2.34 bits per heavy atom.